The van der Waals surface area contributed by atoms with Gasteiger partial charge in [-0.15, -0.1) is 0 Å². The molecule has 0 fully saturated rings. The predicted octanol–water partition coefficient (Wildman–Crippen LogP) is 3.97. The monoisotopic (exact) mass is 254 g/mol. The van der Waals surface area contributed by atoms with Crippen molar-refractivity contribution in [3.05, 3.63) is 65.2 Å². The van der Waals surface area contributed by atoms with Crippen LogP contribution in [0.3, 0.4) is 0 Å². The van der Waals surface area contributed by atoms with E-state index in [0.29, 0.717) is 11.1 Å². The molecule has 0 saturated heterocycles. The SMILES string of the molecule is CCCCc1ccc(C(=O)c2cccc(O)c2)cc1. The zero-order chi connectivity index (χ0) is 13.7. The smallest absolute Gasteiger partial charge is 0.193 e. The van der Waals surface area contributed by atoms with Crippen molar-refractivity contribution in [2.24, 2.45) is 0 Å². The van der Waals surface area contributed by atoms with Crippen LogP contribution in [0.4, 0.5) is 0 Å². The van der Waals surface area contributed by atoms with Gasteiger partial charge in [-0.25, -0.2) is 0 Å². The fraction of sp³-hybridized carbons (Fsp3) is 0.235. The minimum absolute atomic E-state index is 0.0575. The molecule has 2 nitrogen and oxygen atoms in total. The Kier molecular flexibility index (Phi) is 4.35. The van der Waals surface area contributed by atoms with Crippen molar-refractivity contribution in [1.82, 2.24) is 0 Å². The number of phenolic OH excluding ortho intramolecular Hbond substituents is 1. The molecule has 0 unspecified atom stereocenters. The summed E-state index contributed by atoms with van der Waals surface area (Å²) >= 11 is 0. The van der Waals surface area contributed by atoms with Crippen LogP contribution < -0.4 is 0 Å². The van der Waals surface area contributed by atoms with Gasteiger partial charge in [0.15, 0.2) is 5.78 Å². The van der Waals surface area contributed by atoms with E-state index in [4.69, 9.17) is 0 Å². The summed E-state index contributed by atoms with van der Waals surface area (Å²) in [5, 5.41) is 9.40. The Bertz CT molecular complexity index is 556. The van der Waals surface area contributed by atoms with Crippen molar-refractivity contribution in [1.29, 1.82) is 0 Å². The van der Waals surface area contributed by atoms with Gasteiger partial charge in [-0.1, -0.05) is 49.7 Å². The van der Waals surface area contributed by atoms with Gasteiger partial charge in [-0.2, -0.15) is 0 Å². The van der Waals surface area contributed by atoms with Gasteiger partial charge in [-0.3, -0.25) is 4.79 Å². The molecule has 2 aromatic carbocycles. The maximum Gasteiger partial charge on any atom is 0.193 e. The van der Waals surface area contributed by atoms with Crippen LogP contribution in [0.2, 0.25) is 0 Å². The molecule has 0 amide bonds. The van der Waals surface area contributed by atoms with E-state index in [-0.39, 0.29) is 11.5 Å². The molecule has 0 heterocycles. The van der Waals surface area contributed by atoms with Crippen molar-refractivity contribution in [2.75, 3.05) is 0 Å². The van der Waals surface area contributed by atoms with Crippen molar-refractivity contribution in [3.8, 4) is 5.75 Å². The fourth-order valence-electron chi connectivity index (χ4n) is 2.02. The Labute approximate surface area is 113 Å². The maximum atomic E-state index is 12.2. The third-order valence-corrected chi connectivity index (χ3v) is 3.14. The number of carbonyl (C=O) groups is 1. The number of hydrogen-bond donors (Lipinski definition) is 1. The average Bonchev–Trinajstić information content (AvgIpc) is 2.45. The third-order valence-electron chi connectivity index (χ3n) is 3.14. The van der Waals surface area contributed by atoms with E-state index < -0.39 is 0 Å². The molecular formula is C17H18O2. The van der Waals surface area contributed by atoms with E-state index in [0.717, 1.165) is 6.42 Å². The molecule has 0 radical (unpaired) electrons. The van der Waals surface area contributed by atoms with Gasteiger partial charge in [0.05, 0.1) is 0 Å². The van der Waals surface area contributed by atoms with Crippen LogP contribution in [0.1, 0.15) is 41.3 Å². The van der Waals surface area contributed by atoms with Crippen LogP contribution in [-0.2, 0) is 6.42 Å². The van der Waals surface area contributed by atoms with E-state index in [1.165, 1.54) is 24.5 Å². The van der Waals surface area contributed by atoms with Crippen LogP contribution in [0.15, 0.2) is 48.5 Å². The van der Waals surface area contributed by atoms with Crippen molar-refractivity contribution >= 4 is 5.78 Å². The number of rotatable bonds is 5. The molecule has 2 aromatic rings. The quantitative estimate of drug-likeness (QED) is 0.820. The Balaban J connectivity index is 2.15. The first-order valence-electron chi connectivity index (χ1n) is 6.63. The second kappa shape index (κ2) is 6.19. The number of phenols is 1. The molecular weight excluding hydrogens is 236 g/mol. The Hall–Kier alpha value is -2.09. The van der Waals surface area contributed by atoms with Crippen molar-refractivity contribution in [3.63, 3.8) is 0 Å². The molecule has 0 aliphatic heterocycles. The first kappa shape index (κ1) is 13.3. The van der Waals surface area contributed by atoms with E-state index in [2.05, 4.69) is 6.92 Å². The summed E-state index contributed by atoms with van der Waals surface area (Å²) in [6.07, 6.45) is 3.39. The highest BCUT2D eigenvalue weighted by molar-refractivity contribution is 6.09. The summed E-state index contributed by atoms with van der Waals surface area (Å²) in [6.45, 7) is 2.17. The molecule has 1 N–H and O–H groups in total. The number of aromatic hydroxyl groups is 1. The first-order chi connectivity index (χ1) is 9.20. The highest BCUT2D eigenvalue weighted by Crippen LogP contribution is 2.16. The zero-order valence-electron chi connectivity index (χ0n) is 11.1. The number of hydrogen-bond acceptors (Lipinski definition) is 2. The summed E-state index contributed by atoms with van der Waals surface area (Å²) in [5.74, 6) is 0.0587. The van der Waals surface area contributed by atoms with Crippen LogP contribution in [0, 0.1) is 0 Å². The van der Waals surface area contributed by atoms with E-state index in [9.17, 15) is 9.90 Å². The van der Waals surface area contributed by atoms with Crippen molar-refractivity contribution < 1.29 is 9.90 Å². The van der Waals surface area contributed by atoms with Gasteiger partial charge < -0.3 is 5.11 Å². The molecule has 0 aromatic heterocycles. The molecule has 0 aliphatic carbocycles. The molecule has 0 spiro atoms. The highest BCUT2D eigenvalue weighted by Gasteiger charge is 2.09. The summed E-state index contributed by atoms with van der Waals surface area (Å²) in [6, 6.07) is 14.2. The zero-order valence-corrected chi connectivity index (χ0v) is 11.1. The number of ketones is 1. The van der Waals surface area contributed by atoms with Crippen LogP contribution >= 0.6 is 0 Å². The fourth-order valence-corrected chi connectivity index (χ4v) is 2.02. The molecule has 0 saturated carbocycles. The normalized spacial score (nSPS) is 10.4. The van der Waals surface area contributed by atoms with Gasteiger partial charge in [0.25, 0.3) is 0 Å². The second-order valence-electron chi connectivity index (χ2n) is 4.68. The van der Waals surface area contributed by atoms with Crippen LogP contribution in [-0.4, -0.2) is 10.9 Å². The highest BCUT2D eigenvalue weighted by atomic mass is 16.3. The molecule has 98 valence electrons. The summed E-state index contributed by atoms with van der Waals surface area (Å²) < 4.78 is 0. The van der Waals surface area contributed by atoms with Gasteiger partial charge in [0, 0.05) is 11.1 Å². The van der Waals surface area contributed by atoms with Gasteiger partial charge >= 0.3 is 0 Å². The van der Waals surface area contributed by atoms with Gasteiger partial charge in [-0.05, 0) is 30.5 Å². The molecule has 0 bridgehead atoms. The lowest BCUT2D eigenvalue weighted by Crippen LogP contribution is -2.01. The summed E-state index contributed by atoms with van der Waals surface area (Å²) in [5.41, 5.74) is 2.43. The summed E-state index contributed by atoms with van der Waals surface area (Å²) in [7, 11) is 0. The van der Waals surface area contributed by atoms with E-state index in [1.54, 1.807) is 18.2 Å². The molecule has 0 aliphatic rings. The summed E-state index contributed by atoms with van der Waals surface area (Å²) in [4.78, 5) is 12.2. The van der Waals surface area contributed by atoms with Crippen molar-refractivity contribution in [2.45, 2.75) is 26.2 Å². The Morgan fingerprint density at radius 1 is 1.05 bits per heavy atom. The van der Waals surface area contributed by atoms with Crippen LogP contribution in [0.5, 0.6) is 5.75 Å². The van der Waals surface area contributed by atoms with E-state index >= 15 is 0 Å². The number of unbranched alkanes of at least 4 members (excludes halogenated alkanes) is 1. The number of benzene rings is 2. The predicted molar refractivity (Wildman–Crippen MR) is 76.6 cm³/mol. The Morgan fingerprint density at radius 3 is 2.42 bits per heavy atom. The molecule has 2 heteroatoms. The average molecular weight is 254 g/mol. The largest absolute Gasteiger partial charge is 0.508 e. The van der Waals surface area contributed by atoms with Gasteiger partial charge in [0.1, 0.15) is 5.75 Å². The van der Waals surface area contributed by atoms with Gasteiger partial charge in [0.2, 0.25) is 0 Å². The second-order valence-corrected chi connectivity index (χ2v) is 4.68. The minimum atomic E-state index is -0.0575. The maximum absolute atomic E-state index is 12.2. The Morgan fingerprint density at radius 2 is 1.79 bits per heavy atom. The third kappa shape index (κ3) is 3.44. The number of aryl methyl sites for hydroxylation is 1. The molecule has 0 atom stereocenters. The first-order valence-corrected chi connectivity index (χ1v) is 6.63. The molecule has 19 heavy (non-hydrogen) atoms. The lowest BCUT2D eigenvalue weighted by molar-refractivity contribution is 0.103. The van der Waals surface area contributed by atoms with Crippen LogP contribution in [0.25, 0.3) is 0 Å². The lowest BCUT2D eigenvalue weighted by Gasteiger charge is -2.04. The topological polar surface area (TPSA) is 37.3 Å². The standard InChI is InChI=1S/C17H18O2/c1-2-3-5-13-8-10-14(11-9-13)17(19)15-6-4-7-16(18)12-15/h4,6-12,18H,2-3,5H2,1H3. The van der Waals surface area contributed by atoms with E-state index in [1.807, 2.05) is 24.3 Å². The minimum Gasteiger partial charge on any atom is -0.508 e. The molecule has 2 rings (SSSR count). The number of carbonyl (C=O) groups excluding carboxylic acids is 1. The lowest BCUT2D eigenvalue weighted by atomic mass is 10.0.